The van der Waals surface area contributed by atoms with Crippen LogP contribution in [0.5, 0.6) is 5.75 Å². The van der Waals surface area contributed by atoms with Gasteiger partial charge in [-0.2, -0.15) is 0 Å². The molecule has 0 unspecified atom stereocenters. The summed E-state index contributed by atoms with van der Waals surface area (Å²) in [7, 11) is 1.63. The molecule has 1 aromatic carbocycles. The summed E-state index contributed by atoms with van der Waals surface area (Å²) in [5.74, 6) is 1.60. The van der Waals surface area contributed by atoms with Crippen LogP contribution in [0, 0.1) is 0 Å². The number of fused-ring (bicyclic) bond motifs is 1. The number of hydrogen-bond acceptors (Lipinski definition) is 7. The number of nitrogens with zero attached hydrogens (tertiary/aromatic N) is 5. The van der Waals surface area contributed by atoms with E-state index in [1.54, 1.807) is 7.11 Å². The van der Waals surface area contributed by atoms with Gasteiger partial charge in [0.1, 0.15) is 5.75 Å². The van der Waals surface area contributed by atoms with Crippen LogP contribution in [-0.2, 0) is 17.8 Å². The Hall–Kier alpha value is -2.78. The maximum atomic E-state index is 13.1. The van der Waals surface area contributed by atoms with E-state index in [-0.39, 0.29) is 17.7 Å². The highest BCUT2D eigenvalue weighted by molar-refractivity contribution is 5.80. The zero-order chi connectivity index (χ0) is 23.5. The first-order chi connectivity index (χ1) is 16.7. The van der Waals surface area contributed by atoms with Gasteiger partial charge in [0.25, 0.3) is 5.56 Å². The third-order valence-corrected chi connectivity index (χ3v) is 7.32. The summed E-state index contributed by atoms with van der Waals surface area (Å²) in [6.07, 6.45) is 7.85. The molecule has 5 rings (SSSR count). The zero-order valence-corrected chi connectivity index (χ0v) is 20.1. The molecule has 0 radical (unpaired) electrons. The predicted molar refractivity (Wildman–Crippen MR) is 129 cm³/mol. The third kappa shape index (κ3) is 4.72. The number of pyridine rings is 1. The standard InChI is InChI=1S/C25H34N6O3/c1-3-23(24-27-28-29-31(24)16-21-9-6-12-34-21)30(19-7-4-5-8-19)15-18-13-17-10-11-20(33-2)14-22(17)26-25(18)32/h10-11,13-14,19,21,23H,3-9,12,15-16H2,1-2H3,(H,26,32)/t21-,23-/m0/s1. The fourth-order valence-corrected chi connectivity index (χ4v) is 5.52. The molecule has 2 aromatic heterocycles. The largest absolute Gasteiger partial charge is 0.497 e. The van der Waals surface area contributed by atoms with Crippen LogP contribution in [0.2, 0.25) is 0 Å². The van der Waals surface area contributed by atoms with E-state index in [1.807, 2.05) is 28.9 Å². The van der Waals surface area contributed by atoms with Crippen LogP contribution in [0.3, 0.4) is 0 Å². The molecule has 182 valence electrons. The molecular formula is C25H34N6O3. The summed E-state index contributed by atoms with van der Waals surface area (Å²) >= 11 is 0. The monoisotopic (exact) mass is 466 g/mol. The summed E-state index contributed by atoms with van der Waals surface area (Å²) < 4.78 is 13.1. The number of ether oxygens (including phenoxy) is 2. The number of aromatic amines is 1. The van der Waals surface area contributed by atoms with E-state index in [1.165, 1.54) is 12.8 Å². The van der Waals surface area contributed by atoms with Gasteiger partial charge in [-0.25, -0.2) is 4.68 Å². The first kappa shape index (κ1) is 23.0. The van der Waals surface area contributed by atoms with Crippen LogP contribution in [-0.4, -0.2) is 56.0 Å². The molecule has 34 heavy (non-hydrogen) atoms. The number of benzene rings is 1. The molecule has 2 aliphatic rings. The van der Waals surface area contributed by atoms with E-state index in [4.69, 9.17) is 9.47 Å². The van der Waals surface area contributed by atoms with E-state index in [2.05, 4.69) is 32.3 Å². The van der Waals surface area contributed by atoms with Gasteiger partial charge in [0.2, 0.25) is 0 Å². The van der Waals surface area contributed by atoms with Crippen molar-refractivity contribution in [2.45, 2.75) is 83.1 Å². The normalized spacial score (nSPS) is 19.9. The molecule has 0 amide bonds. The van der Waals surface area contributed by atoms with E-state index < -0.39 is 0 Å². The Bertz CT molecular complexity index is 1160. The molecule has 1 aliphatic heterocycles. The molecule has 2 atom stereocenters. The molecule has 1 aliphatic carbocycles. The van der Waals surface area contributed by atoms with Gasteiger partial charge in [-0.15, -0.1) is 5.10 Å². The van der Waals surface area contributed by atoms with E-state index in [0.29, 0.717) is 19.1 Å². The number of methoxy groups -OCH3 is 1. The Kier molecular flexibility index (Phi) is 6.92. The number of H-pyrrole nitrogens is 1. The summed E-state index contributed by atoms with van der Waals surface area (Å²) in [6.45, 7) is 4.22. The molecule has 0 bridgehead atoms. The zero-order valence-electron chi connectivity index (χ0n) is 20.1. The minimum absolute atomic E-state index is 0.0328. The molecule has 9 nitrogen and oxygen atoms in total. The third-order valence-electron chi connectivity index (χ3n) is 7.32. The van der Waals surface area contributed by atoms with E-state index in [0.717, 1.165) is 66.8 Å². The Morgan fingerprint density at radius 1 is 1.24 bits per heavy atom. The van der Waals surface area contributed by atoms with Crippen molar-refractivity contribution in [1.82, 2.24) is 30.1 Å². The molecule has 1 saturated heterocycles. The molecule has 1 N–H and O–H groups in total. The quantitative estimate of drug-likeness (QED) is 0.514. The number of hydrogen-bond donors (Lipinski definition) is 1. The molecule has 3 aromatic rings. The second-order valence-electron chi connectivity index (χ2n) is 9.47. The number of tetrazole rings is 1. The minimum Gasteiger partial charge on any atom is -0.497 e. The number of nitrogens with one attached hydrogen (secondary N) is 1. The second kappa shape index (κ2) is 10.2. The van der Waals surface area contributed by atoms with Gasteiger partial charge in [0, 0.05) is 30.8 Å². The van der Waals surface area contributed by atoms with Crippen LogP contribution in [0.4, 0.5) is 0 Å². The molecular weight excluding hydrogens is 432 g/mol. The average molecular weight is 467 g/mol. The van der Waals surface area contributed by atoms with Gasteiger partial charge < -0.3 is 14.5 Å². The van der Waals surface area contributed by atoms with Crippen LogP contribution >= 0.6 is 0 Å². The summed E-state index contributed by atoms with van der Waals surface area (Å²) in [5.41, 5.74) is 1.49. The topological polar surface area (TPSA) is 98.2 Å². The lowest BCUT2D eigenvalue weighted by Crippen LogP contribution is -2.39. The maximum Gasteiger partial charge on any atom is 0.252 e. The average Bonchev–Trinajstić information content (AvgIpc) is 3.63. The van der Waals surface area contributed by atoms with Crippen LogP contribution in [0.25, 0.3) is 10.9 Å². The Balaban J connectivity index is 1.46. The van der Waals surface area contributed by atoms with Gasteiger partial charge in [0.05, 0.1) is 31.3 Å². The first-order valence-corrected chi connectivity index (χ1v) is 12.5. The van der Waals surface area contributed by atoms with Crippen LogP contribution < -0.4 is 10.3 Å². The summed E-state index contributed by atoms with van der Waals surface area (Å²) in [6, 6.07) is 8.23. The van der Waals surface area contributed by atoms with Gasteiger partial charge in [-0.3, -0.25) is 9.69 Å². The molecule has 0 spiro atoms. The predicted octanol–water partition coefficient (Wildman–Crippen LogP) is 3.60. The van der Waals surface area contributed by atoms with Gasteiger partial charge in [-0.1, -0.05) is 19.8 Å². The Morgan fingerprint density at radius 2 is 2.09 bits per heavy atom. The number of aromatic nitrogens is 5. The maximum absolute atomic E-state index is 13.1. The van der Waals surface area contributed by atoms with E-state index in [9.17, 15) is 4.79 Å². The van der Waals surface area contributed by atoms with Gasteiger partial charge in [0.15, 0.2) is 5.82 Å². The van der Waals surface area contributed by atoms with Gasteiger partial charge >= 0.3 is 0 Å². The molecule has 1 saturated carbocycles. The van der Waals surface area contributed by atoms with Crippen molar-refractivity contribution in [1.29, 1.82) is 0 Å². The molecule has 9 heteroatoms. The smallest absolute Gasteiger partial charge is 0.252 e. The minimum atomic E-state index is -0.0578. The van der Waals surface area contributed by atoms with Gasteiger partial charge in [-0.05, 0) is 66.1 Å². The lowest BCUT2D eigenvalue weighted by molar-refractivity contribution is 0.0839. The fourth-order valence-electron chi connectivity index (χ4n) is 5.52. The lowest BCUT2D eigenvalue weighted by Gasteiger charge is -2.35. The molecule has 3 heterocycles. The van der Waals surface area contributed by atoms with Crippen molar-refractivity contribution in [2.24, 2.45) is 0 Å². The summed E-state index contributed by atoms with van der Waals surface area (Å²) in [5, 5.41) is 13.8. The fraction of sp³-hybridized carbons (Fsp3) is 0.600. The number of rotatable bonds is 9. The SMILES string of the molecule is CC[C@@H](c1nnnn1C[C@@H]1CCCO1)N(Cc1cc2ccc(OC)cc2[nH]c1=O)C1CCCC1. The highest BCUT2D eigenvalue weighted by Gasteiger charge is 2.33. The van der Waals surface area contributed by atoms with Crippen molar-refractivity contribution < 1.29 is 9.47 Å². The summed E-state index contributed by atoms with van der Waals surface area (Å²) in [4.78, 5) is 18.6. The van der Waals surface area contributed by atoms with Crippen molar-refractivity contribution in [3.05, 3.63) is 46.0 Å². The van der Waals surface area contributed by atoms with Crippen molar-refractivity contribution in [3.63, 3.8) is 0 Å². The first-order valence-electron chi connectivity index (χ1n) is 12.5. The lowest BCUT2D eigenvalue weighted by atomic mass is 10.0. The van der Waals surface area contributed by atoms with Crippen molar-refractivity contribution in [3.8, 4) is 5.75 Å². The highest BCUT2D eigenvalue weighted by Crippen LogP contribution is 2.34. The molecule has 2 fully saturated rings. The second-order valence-corrected chi connectivity index (χ2v) is 9.47. The Morgan fingerprint density at radius 3 is 2.82 bits per heavy atom. The van der Waals surface area contributed by atoms with Crippen LogP contribution in [0.15, 0.2) is 29.1 Å². The highest BCUT2D eigenvalue weighted by atomic mass is 16.5. The Labute approximate surface area is 199 Å². The van der Waals surface area contributed by atoms with Crippen molar-refractivity contribution in [2.75, 3.05) is 13.7 Å². The van der Waals surface area contributed by atoms with Crippen molar-refractivity contribution >= 4 is 10.9 Å². The van der Waals surface area contributed by atoms with Crippen LogP contribution in [0.1, 0.15) is 69.3 Å². The van der Waals surface area contributed by atoms with E-state index >= 15 is 0 Å².